The molecule has 2 heterocycles. The highest BCUT2D eigenvalue weighted by Crippen LogP contribution is 2.34. The summed E-state index contributed by atoms with van der Waals surface area (Å²) >= 11 is 3.52. The summed E-state index contributed by atoms with van der Waals surface area (Å²) in [5.74, 6) is -1.14. The minimum absolute atomic E-state index is 0.195. The molecule has 3 nitrogen and oxygen atoms in total. The molecular weight excluding hydrogens is 335 g/mol. The molecule has 20 heavy (non-hydrogen) atoms. The molecule has 0 unspecified atom stereocenters. The van der Waals surface area contributed by atoms with Crippen LogP contribution >= 0.6 is 15.9 Å². The van der Waals surface area contributed by atoms with E-state index in [1.54, 1.807) is 0 Å². The van der Waals surface area contributed by atoms with Gasteiger partial charge in [-0.3, -0.25) is 9.58 Å². The molecule has 0 aromatic carbocycles. The maximum atomic E-state index is 12.6. The molecule has 1 aromatic rings. The Balaban J connectivity index is 2.00. The first-order valence-electron chi connectivity index (χ1n) is 6.83. The van der Waals surface area contributed by atoms with Gasteiger partial charge in [-0.25, -0.2) is 0 Å². The molecule has 1 fully saturated rings. The second kappa shape index (κ2) is 6.05. The van der Waals surface area contributed by atoms with Gasteiger partial charge in [-0.1, -0.05) is 0 Å². The number of nitrogens with zero attached hydrogens (tertiary/aromatic N) is 3. The van der Waals surface area contributed by atoms with Crippen LogP contribution < -0.4 is 0 Å². The summed E-state index contributed by atoms with van der Waals surface area (Å²) in [4.78, 5) is 2.08. The highest BCUT2D eigenvalue weighted by atomic mass is 79.9. The lowest BCUT2D eigenvalue weighted by Crippen LogP contribution is -2.39. The molecule has 0 spiro atoms. The number of hydrogen-bond donors (Lipinski definition) is 0. The van der Waals surface area contributed by atoms with E-state index in [4.69, 9.17) is 0 Å². The van der Waals surface area contributed by atoms with E-state index in [1.165, 1.54) is 0 Å². The summed E-state index contributed by atoms with van der Waals surface area (Å²) < 4.78 is 40.8. The number of piperidine rings is 1. The summed E-state index contributed by atoms with van der Waals surface area (Å²) in [5, 5.41) is 4.41. The third-order valence-corrected chi connectivity index (χ3v) is 4.91. The van der Waals surface area contributed by atoms with Crippen molar-refractivity contribution in [1.29, 1.82) is 0 Å². The molecule has 1 aliphatic rings. The highest BCUT2D eigenvalue weighted by molar-refractivity contribution is 9.10. The van der Waals surface area contributed by atoms with Gasteiger partial charge in [-0.05, 0) is 55.7 Å². The van der Waals surface area contributed by atoms with Crippen molar-refractivity contribution in [3.8, 4) is 0 Å². The lowest BCUT2D eigenvalue weighted by Gasteiger charge is -2.32. The van der Waals surface area contributed by atoms with Crippen LogP contribution in [0.5, 0.6) is 0 Å². The second-order valence-corrected chi connectivity index (χ2v) is 6.05. The van der Waals surface area contributed by atoms with Crippen molar-refractivity contribution < 1.29 is 13.2 Å². The van der Waals surface area contributed by atoms with Crippen LogP contribution in [-0.4, -0.2) is 33.9 Å². The van der Waals surface area contributed by atoms with E-state index in [0.29, 0.717) is 19.6 Å². The van der Waals surface area contributed by atoms with Crippen LogP contribution in [0.25, 0.3) is 0 Å². The summed E-state index contributed by atoms with van der Waals surface area (Å²) in [6.07, 6.45) is -3.66. The predicted octanol–water partition coefficient (Wildman–Crippen LogP) is 3.75. The minimum atomic E-state index is -4.05. The zero-order chi connectivity index (χ0) is 14.9. The number of rotatable bonds is 3. The Morgan fingerprint density at radius 3 is 2.40 bits per heavy atom. The average molecular weight is 354 g/mol. The lowest BCUT2D eigenvalue weighted by atomic mass is 9.96. The zero-order valence-electron chi connectivity index (χ0n) is 11.7. The van der Waals surface area contributed by atoms with Crippen LogP contribution in [0.15, 0.2) is 4.47 Å². The summed E-state index contributed by atoms with van der Waals surface area (Å²) in [6, 6.07) is 0. The Morgan fingerprint density at radius 2 is 1.90 bits per heavy atom. The van der Waals surface area contributed by atoms with Gasteiger partial charge in [0.15, 0.2) is 0 Å². The SMILES string of the molecule is CCn1nc(C)c(Br)c1CN1CCC(C(F)(F)F)CC1. The smallest absolute Gasteiger partial charge is 0.297 e. The number of likely N-dealkylation sites (tertiary alicyclic amines) is 1. The largest absolute Gasteiger partial charge is 0.391 e. The van der Waals surface area contributed by atoms with Gasteiger partial charge < -0.3 is 0 Å². The van der Waals surface area contributed by atoms with Gasteiger partial charge in [0.1, 0.15) is 0 Å². The van der Waals surface area contributed by atoms with Gasteiger partial charge in [0, 0.05) is 13.1 Å². The van der Waals surface area contributed by atoms with Crippen LogP contribution in [0.1, 0.15) is 31.2 Å². The van der Waals surface area contributed by atoms with Crippen molar-refractivity contribution in [1.82, 2.24) is 14.7 Å². The van der Waals surface area contributed by atoms with Crippen molar-refractivity contribution in [3.05, 3.63) is 15.9 Å². The molecule has 0 saturated carbocycles. The van der Waals surface area contributed by atoms with E-state index in [0.717, 1.165) is 22.4 Å². The molecule has 0 bridgehead atoms. The van der Waals surface area contributed by atoms with Gasteiger partial charge >= 0.3 is 6.18 Å². The first-order chi connectivity index (χ1) is 9.32. The van der Waals surface area contributed by atoms with Crippen LogP contribution in [0, 0.1) is 12.8 Å². The zero-order valence-corrected chi connectivity index (χ0v) is 13.3. The summed E-state index contributed by atoms with van der Waals surface area (Å²) in [6.45, 7) is 6.34. The van der Waals surface area contributed by atoms with Crippen molar-refractivity contribution in [2.45, 2.75) is 46.0 Å². The summed E-state index contributed by atoms with van der Waals surface area (Å²) in [5.41, 5.74) is 1.97. The fourth-order valence-corrected chi connectivity index (χ4v) is 3.06. The van der Waals surface area contributed by atoms with E-state index >= 15 is 0 Å². The number of hydrogen-bond acceptors (Lipinski definition) is 2. The Kier molecular flexibility index (Phi) is 4.79. The Morgan fingerprint density at radius 1 is 1.30 bits per heavy atom. The van der Waals surface area contributed by atoms with Gasteiger partial charge in [-0.2, -0.15) is 18.3 Å². The van der Waals surface area contributed by atoms with Crippen molar-refractivity contribution in [3.63, 3.8) is 0 Å². The van der Waals surface area contributed by atoms with Crippen LogP contribution in [0.4, 0.5) is 13.2 Å². The third kappa shape index (κ3) is 3.36. The van der Waals surface area contributed by atoms with Gasteiger partial charge in [0.25, 0.3) is 0 Å². The van der Waals surface area contributed by atoms with Crippen molar-refractivity contribution in [2.75, 3.05) is 13.1 Å². The van der Waals surface area contributed by atoms with Crippen LogP contribution in [0.2, 0.25) is 0 Å². The van der Waals surface area contributed by atoms with Crippen LogP contribution in [-0.2, 0) is 13.1 Å². The molecule has 2 rings (SSSR count). The molecule has 0 aliphatic carbocycles. The molecule has 0 radical (unpaired) electrons. The van der Waals surface area contributed by atoms with E-state index in [9.17, 15) is 13.2 Å². The topological polar surface area (TPSA) is 21.1 Å². The van der Waals surface area contributed by atoms with Gasteiger partial charge in [0.2, 0.25) is 0 Å². The fraction of sp³-hybridized carbons (Fsp3) is 0.769. The second-order valence-electron chi connectivity index (χ2n) is 5.25. The molecule has 0 atom stereocenters. The molecule has 7 heteroatoms. The molecular formula is C13H19BrF3N3. The quantitative estimate of drug-likeness (QED) is 0.825. The molecule has 0 N–H and O–H groups in total. The standard InChI is InChI=1S/C13H19BrF3N3/c1-3-20-11(12(14)9(2)18-20)8-19-6-4-10(5-7-19)13(15,16)17/h10H,3-8H2,1-2H3. The van der Waals surface area contributed by atoms with Crippen molar-refractivity contribution in [2.24, 2.45) is 5.92 Å². The Bertz CT molecular complexity index is 462. The van der Waals surface area contributed by atoms with Crippen LogP contribution in [0.3, 0.4) is 0 Å². The number of alkyl halides is 3. The van der Waals surface area contributed by atoms with Gasteiger partial charge in [-0.15, -0.1) is 0 Å². The highest BCUT2D eigenvalue weighted by Gasteiger charge is 2.41. The summed E-state index contributed by atoms with van der Waals surface area (Å²) in [7, 11) is 0. The predicted molar refractivity (Wildman–Crippen MR) is 74.4 cm³/mol. The van der Waals surface area contributed by atoms with Gasteiger partial charge in [0.05, 0.1) is 21.8 Å². The maximum absolute atomic E-state index is 12.6. The molecule has 1 saturated heterocycles. The van der Waals surface area contributed by atoms with E-state index in [2.05, 4.69) is 25.9 Å². The van der Waals surface area contributed by atoms with E-state index < -0.39 is 12.1 Å². The number of aromatic nitrogens is 2. The molecule has 1 aromatic heterocycles. The minimum Gasteiger partial charge on any atom is -0.297 e. The fourth-order valence-electron chi connectivity index (χ4n) is 2.65. The van der Waals surface area contributed by atoms with Crippen molar-refractivity contribution >= 4 is 15.9 Å². The Hall–Kier alpha value is -0.560. The monoisotopic (exact) mass is 353 g/mol. The molecule has 114 valence electrons. The normalized spacial score (nSPS) is 18.7. The van der Waals surface area contributed by atoms with E-state index in [-0.39, 0.29) is 12.8 Å². The Labute approximate surface area is 125 Å². The third-order valence-electron chi connectivity index (χ3n) is 3.88. The number of aryl methyl sites for hydroxylation is 2. The molecule has 1 aliphatic heterocycles. The average Bonchev–Trinajstić information content (AvgIpc) is 2.66. The first kappa shape index (κ1) is 15.8. The lowest BCUT2D eigenvalue weighted by molar-refractivity contribution is -0.185. The van der Waals surface area contributed by atoms with E-state index in [1.807, 2.05) is 18.5 Å². The maximum Gasteiger partial charge on any atom is 0.391 e. The number of halogens is 4. The molecule has 0 amide bonds. The first-order valence-corrected chi connectivity index (χ1v) is 7.63.